The molecule has 5 heteroatoms. The van der Waals surface area contributed by atoms with Gasteiger partial charge in [-0.05, 0) is 20.8 Å². The van der Waals surface area contributed by atoms with E-state index in [-0.39, 0.29) is 0 Å². The number of hydrogen-bond donors (Lipinski definition) is 0. The molecule has 15 heavy (non-hydrogen) atoms. The Morgan fingerprint density at radius 1 is 1.40 bits per heavy atom. The molecule has 1 fully saturated rings. The van der Waals surface area contributed by atoms with Crippen LogP contribution in [-0.2, 0) is 4.74 Å². The van der Waals surface area contributed by atoms with Crippen LogP contribution in [0.5, 0.6) is 0 Å². The average Bonchev–Trinajstić information content (AvgIpc) is 2.65. The van der Waals surface area contributed by atoms with Crippen molar-refractivity contribution in [3.05, 3.63) is 10.1 Å². The molecule has 0 aromatic carbocycles. The lowest BCUT2D eigenvalue weighted by Crippen LogP contribution is -2.52. The number of ether oxygens (including phenoxy) is 1. The first-order chi connectivity index (χ1) is 7.13. The van der Waals surface area contributed by atoms with E-state index in [1.807, 2.05) is 0 Å². The van der Waals surface area contributed by atoms with Crippen LogP contribution in [-0.4, -0.2) is 37.0 Å². The fourth-order valence-corrected chi connectivity index (χ4v) is 2.03. The molecule has 0 amide bonds. The third kappa shape index (κ3) is 4.57. The highest BCUT2D eigenvalue weighted by atomic mass is 16.6. The van der Waals surface area contributed by atoms with Crippen LogP contribution in [0.25, 0.3) is 0 Å². The van der Waals surface area contributed by atoms with Crippen molar-refractivity contribution in [3.63, 3.8) is 0 Å². The van der Waals surface area contributed by atoms with Crippen LogP contribution in [0, 0.1) is 10.1 Å². The maximum Gasteiger partial charge on any atom is 0.183 e. The Morgan fingerprint density at radius 2 is 1.87 bits per heavy atom. The maximum absolute atomic E-state index is 8.00. The molecule has 0 unspecified atom stereocenters. The van der Waals surface area contributed by atoms with Gasteiger partial charge in [-0.15, -0.1) is 5.34 Å². The van der Waals surface area contributed by atoms with Crippen LogP contribution in [0.1, 0.15) is 33.6 Å². The molecule has 90 valence electrons. The summed E-state index contributed by atoms with van der Waals surface area (Å²) in [4.78, 5) is 8.00. The van der Waals surface area contributed by atoms with Gasteiger partial charge in [0.05, 0.1) is 19.1 Å². The van der Waals surface area contributed by atoms with Crippen molar-refractivity contribution < 1.29 is 9.22 Å². The highest BCUT2D eigenvalue weighted by molar-refractivity contribution is 4.55. The third-order valence-corrected chi connectivity index (χ3v) is 3.10. The van der Waals surface area contributed by atoms with Gasteiger partial charge in [-0.1, -0.05) is 0 Å². The minimum atomic E-state index is 0.721. The quantitative estimate of drug-likeness (QED) is 0.413. The van der Waals surface area contributed by atoms with Crippen LogP contribution >= 0.6 is 0 Å². The lowest BCUT2D eigenvalue weighted by Gasteiger charge is -2.37. The zero-order valence-corrected chi connectivity index (χ0v) is 9.94. The van der Waals surface area contributed by atoms with E-state index in [1.54, 1.807) is 0 Å². The number of likely N-dealkylation sites (tertiary alicyclic amines) is 1. The van der Waals surface area contributed by atoms with Crippen LogP contribution in [0.15, 0.2) is 5.34 Å². The molecular weight excluding hydrogens is 196 g/mol. The number of hydrogen-bond acceptors (Lipinski definition) is 4. The predicted octanol–water partition coefficient (Wildman–Crippen LogP) is 2.25. The summed E-state index contributed by atoms with van der Waals surface area (Å²) in [6, 6.07) is 0.721. The van der Waals surface area contributed by atoms with Crippen molar-refractivity contribution in [2.24, 2.45) is 5.34 Å². The molecule has 1 aliphatic rings. The minimum Gasteiger partial charge on any atom is -0.444 e. The van der Waals surface area contributed by atoms with E-state index in [4.69, 9.17) is 14.9 Å². The van der Waals surface area contributed by atoms with Crippen LogP contribution in [0.3, 0.4) is 0 Å². The Kier molecular flexibility index (Phi) is 7.25. The van der Waals surface area contributed by atoms with E-state index in [1.165, 1.54) is 30.4 Å². The predicted molar refractivity (Wildman–Crippen MR) is 60.0 cm³/mol. The molecule has 1 saturated heterocycles. The Labute approximate surface area is 91.6 Å². The van der Waals surface area contributed by atoms with E-state index in [0.29, 0.717) is 0 Å². The fraction of sp³-hybridized carbons (Fsp3) is 1.00. The molecule has 1 aliphatic heterocycles. The number of rotatable bonds is 4. The van der Waals surface area contributed by atoms with Crippen molar-refractivity contribution in [2.75, 3.05) is 26.4 Å². The SMILES string of the molecule is CCOC[N+]1(C(C)C)CCCC1.O=N[O-]. The minimum absolute atomic E-state index is 0.721. The van der Waals surface area contributed by atoms with Gasteiger partial charge in [0.15, 0.2) is 6.73 Å². The summed E-state index contributed by atoms with van der Waals surface area (Å²) in [7, 11) is 0. The first-order valence-electron chi connectivity index (χ1n) is 5.51. The Bertz CT molecular complexity index is 168. The molecule has 0 aromatic rings. The first-order valence-corrected chi connectivity index (χ1v) is 5.51. The van der Waals surface area contributed by atoms with E-state index >= 15 is 0 Å². The van der Waals surface area contributed by atoms with Gasteiger partial charge in [-0.3, -0.25) is 4.48 Å². The van der Waals surface area contributed by atoms with Gasteiger partial charge in [-0.2, -0.15) is 0 Å². The maximum atomic E-state index is 8.00. The second-order valence-corrected chi connectivity index (χ2v) is 4.16. The molecule has 0 radical (unpaired) electrons. The van der Waals surface area contributed by atoms with Gasteiger partial charge in [0.25, 0.3) is 0 Å². The summed E-state index contributed by atoms with van der Waals surface area (Å²) in [6.45, 7) is 11.1. The van der Waals surface area contributed by atoms with Crippen LogP contribution in [0.4, 0.5) is 0 Å². The van der Waals surface area contributed by atoms with Gasteiger partial charge in [0.2, 0.25) is 0 Å². The number of quaternary nitrogens is 1. The summed E-state index contributed by atoms with van der Waals surface area (Å²) in [6.07, 6.45) is 2.76. The number of nitrogens with zero attached hydrogens (tertiary/aromatic N) is 2. The highest BCUT2D eigenvalue weighted by Gasteiger charge is 2.34. The molecule has 0 atom stereocenters. The highest BCUT2D eigenvalue weighted by Crippen LogP contribution is 2.23. The molecule has 5 nitrogen and oxygen atoms in total. The lowest BCUT2D eigenvalue weighted by molar-refractivity contribution is -0.954. The average molecular weight is 218 g/mol. The zero-order chi connectivity index (χ0) is 11.7. The van der Waals surface area contributed by atoms with Gasteiger partial charge < -0.3 is 14.9 Å². The van der Waals surface area contributed by atoms with Crippen LogP contribution in [0.2, 0.25) is 0 Å². The van der Waals surface area contributed by atoms with Gasteiger partial charge in [0, 0.05) is 19.4 Å². The molecule has 1 heterocycles. The van der Waals surface area contributed by atoms with Crippen molar-refractivity contribution >= 4 is 0 Å². The molecule has 0 bridgehead atoms. The summed E-state index contributed by atoms with van der Waals surface area (Å²) < 4.78 is 6.74. The van der Waals surface area contributed by atoms with E-state index < -0.39 is 0 Å². The largest absolute Gasteiger partial charge is 0.444 e. The molecule has 0 aromatic heterocycles. The second-order valence-electron chi connectivity index (χ2n) is 4.16. The smallest absolute Gasteiger partial charge is 0.183 e. The van der Waals surface area contributed by atoms with Gasteiger partial charge in [0.1, 0.15) is 0 Å². The molecule has 1 rings (SSSR count). The van der Waals surface area contributed by atoms with E-state index in [2.05, 4.69) is 20.8 Å². The van der Waals surface area contributed by atoms with E-state index in [0.717, 1.165) is 24.7 Å². The topological polar surface area (TPSA) is 61.7 Å². The monoisotopic (exact) mass is 218 g/mol. The normalized spacial score (nSPS) is 18.4. The Balaban J connectivity index is 0.000000583. The van der Waals surface area contributed by atoms with Gasteiger partial charge >= 0.3 is 0 Å². The van der Waals surface area contributed by atoms with Crippen LogP contribution < -0.4 is 0 Å². The molecule has 0 spiro atoms. The molecule has 0 N–H and O–H groups in total. The fourth-order valence-electron chi connectivity index (χ4n) is 2.03. The molecular formula is C10H22N2O3. The van der Waals surface area contributed by atoms with Crippen molar-refractivity contribution in [2.45, 2.75) is 39.7 Å². The summed E-state index contributed by atoms with van der Waals surface area (Å²) >= 11 is 0. The Morgan fingerprint density at radius 3 is 2.20 bits per heavy atom. The van der Waals surface area contributed by atoms with Crippen molar-refractivity contribution in [1.29, 1.82) is 0 Å². The second kappa shape index (κ2) is 7.59. The summed E-state index contributed by atoms with van der Waals surface area (Å²) in [5.74, 6) is 0. The van der Waals surface area contributed by atoms with Crippen molar-refractivity contribution in [3.8, 4) is 0 Å². The van der Waals surface area contributed by atoms with E-state index in [9.17, 15) is 0 Å². The molecule has 0 saturated carbocycles. The van der Waals surface area contributed by atoms with Crippen molar-refractivity contribution in [1.82, 2.24) is 0 Å². The first kappa shape index (κ1) is 14.3. The standard InChI is InChI=1S/C10H22NO.HNO2/c1-4-12-9-11(10(2)3)7-5-6-8-11;2-1-3/h10H,4-9H2,1-3H3;(H,2,3)/q+1;/p-1. The lowest BCUT2D eigenvalue weighted by atomic mass is 10.3. The molecule has 0 aliphatic carbocycles. The Hall–Kier alpha value is -0.680. The summed E-state index contributed by atoms with van der Waals surface area (Å²) in [5.41, 5.74) is 0. The summed E-state index contributed by atoms with van der Waals surface area (Å²) in [5, 5.41) is 9.00. The van der Waals surface area contributed by atoms with Gasteiger partial charge in [-0.25, -0.2) is 0 Å². The zero-order valence-electron chi connectivity index (χ0n) is 9.94. The third-order valence-electron chi connectivity index (χ3n) is 3.10.